The maximum atomic E-state index is 12.6. The minimum Gasteiger partial charge on any atom is -0.462 e. The lowest BCUT2D eigenvalue weighted by molar-refractivity contribution is -0.257. The zero-order chi connectivity index (χ0) is 14.3. The first-order chi connectivity index (χ1) is 8.93. The summed E-state index contributed by atoms with van der Waals surface area (Å²) in [5.41, 5.74) is -2.54. The maximum absolute atomic E-state index is 12.6. The average molecular weight is 297 g/mol. The van der Waals surface area contributed by atoms with Crippen molar-refractivity contribution in [1.29, 1.82) is 0 Å². The predicted molar refractivity (Wildman–Crippen MR) is 63.0 cm³/mol. The second kappa shape index (κ2) is 7.35. The van der Waals surface area contributed by atoms with Crippen molar-refractivity contribution >= 4 is 17.6 Å². The van der Waals surface area contributed by atoms with Gasteiger partial charge in [0.15, 0.2) is 0 Å². The fourth-order valence-corrected chi connectivity index (χ4v) is 1.22. The molecule has 0 spiro atoms. The molecule has 1 rings (SSSR count). The van der Waals surface area contributed by atoms with Crippen molar-refractivity contribution < 1.29 is 27.4 Å². The van der Waals surface area contributed by atoms with Gasteiger partial charge in [-0.2, -0.15) is 8.78 Å². The van der Waals surface area contributed by atoms with E-state index in [1.54, 1.807) is 30.3 Å². The fraction of sp³-hybridized carbons (Fsp3) is 0.417. The molecular formula is C12H12ClF3O3. The number of carbonyl (C=O) groups excluding carboxylic acids is 1. The summed E-state index contributed by atoms with van der Waals surface area (Å²) in [5.74, 6) is -0.562. The quantitative estimate of drug-likeness (QED) is 0.439. The van der Waals surface area contributed by atoms with Gasteiger partial charge in [-0.3, -0.25) is 0 Å². The lowest BCUT2D eigenvalue weighted by Gasteiger charge is -2.16. The smallest absolute Gasteiger partial charge is 0.400 e. The van der Waals surface area contributed by atoms with E-state index in [2.05, 4.69) is 16.3 Å². The summed E-state index contributed by atoms with van der Waals surface area (Å²) in [7, 11) is 0. The number of halogens is 4. The number of hydrogen-bond donors (Lipinski definition) is 0. The molecule has 0 saturated carbocycles. The van der Waals surface area contributed by atoms with Gasteiger partial charge >= 0.3 is 12.1 Å². The van der Waals surface area contributed by atoms with Crippen LogP contribution in [0.5, 0.6) is 0 Å². The maximum Gasteiger partial charge on any atom is 0.400 e. The number of alkyl halides is 4. The Morgan fingerprint density at radius 1 is 1.26 bits per heavy atom. The first-order valence-corrected chi connectivity index (χ1v) is 5.89. The SMILES string of the molecule is O=C(OCCCOC(F)(F)C(F)Cl)c1ccccc1. The van der Waals surface area contributed by atoms with Gasteiger partial charge in [-0.25, -0.2) is 9.18 Å². The highest BCUT2D eigenvalue weighted by Crippen LogP contribution is 2.25. The Kier molecular flexibility index (Phi) is 6.11. The monoisotopic (exact) mass is 296 g/mol. The molecule has 1 aromatic rings. The third-order valence-corrected chi connectivity index (χ3v) is 2.33. The summed E-state index contributed by atoms with van der Waals surface area (Å²) in [6.07, 6.45) is -4.03. The Hall–Kier alpha value is -1.27. The molecule has 19 heavy (non-hydrogen) atoms. The van der Waals surface area contributed by atoms with Gasteiger partial charge in [0.1, 0.15) is 0 Å². The second-order valence-electron chi connectivity index (χ2n) is 3.57. The summed E-state index contributed by atoms with van der Waals surface area (Å²) in [5, 5.41) is 0. The minimum absolute atomic E-state index is 0.0117. The lowest BCUT2D eigenvalue weighted by Crippen LogP contribution is -2.30. The van der Waals surface area contributed by atoms with E-state index in [-0.39, 0.29) is 13.0 Å². The molecule has 0 aliphatic rings. The second-order valence-corrected chi connectivity index (χ2v) is 3.95. The van der Waals surface area contributed by atoms with Crippen molar-refractivity contribution in [3.8, 4) is 0 Å². The lowest BCUT2D eigenvalue weighted by atomic mass is 10.2. The van der Waals surface area contributed by atoms with Crippen LogP contribution >= 0.6 is 11.6 Å². The van der Waals surface area contributed by atoms with Crippen LogP contribution in [0.1, 0.15) is 16.8 Å². The highest BCUT2D eigenvalue weighted by atomic mass is 35.5. The summed E-state index contributed by atoms with van der Waals surface area (Å²) < 4.78 is 46.0. The van der Waals surface area contributed by atoms with Gasteiger partial charge in [0.2, 0.25) is 0 Å². The summed E-state index contributed by atoms with van der Waals surface area (Å²) in [6.45, 7) is -0.578. The van der Waals surface area contributed by atoms with Crippen molar-refractivity contribution in [1.82, 2.24) is 0 Å². The Morgan fingerprint density at radius 2 is 1.89 bits per heavy atom. The third-order valence-electron chi connectivity index (χ3n) is 2.08. The van der Waals surface area contributed by atoms with Crippen LogP contribution in [0.15, 0.2) is 30.3 Å². The van der Waals surface area contributed by atoms with Gasteiger partial charge in [-0.15, -0.1) is 0 Å². The molecule has 0 saturated heterocycles. The summed E-state index contributed by atoms with van der Waals surface area (Å²) in [6, 6.07) is 8.21. The molecular weight excluding hydrogens is 285 g/mol. The molecule has 0 N–H and O–H groups in total. The van der Waals surface area contributed by atoms with Crippen LogP contribution in [0, 0.1) is 0 Å². The van der Waals surface area contributed by atoms with Crippen LogP contribution in [0.2, 0.25) is 0 Å². The fourth-order valence-electron chi connectivity index (χ4n) is 1.15. The van der Waals surface area contributed by atoms with E-state index in [0.717, 1.165) is 0 Å². The van der Waals surface area contributed by atoms with Crippen molar-refractivity contribution in [3.05, 3.63) is 35.9 Å². The molecule has 1 unspecified atom stereocenters. The molecule has 1 atom stereocenters. The molecule has 0 radical (unpaired) electrons. The standard InChI is InChI=1S/C12H12ClF3O3/c13-11(14)12(15,16)19-8-4-7-18-10(17)9-5-2-1-3-6-9/h1-3,5-6,11H,4,7-8H2. The Bertz CT molecular complexity index is 398. The van der Waals surface area contributed by atoms with E-state index in [1.165, 1.54) is 0 Å². The van der Waals surface area contributed by atoms with Gasteiger partial charge in [0.25, 0.3) is 5.63 Å². The molecule has 0 bridgehead atoms. The van der Waals surface area contributed by atoms with Gasteiger partial charge in [-0.1, -0.05) is 29.8 Å². The first kappa shape index (κ1) is 15.8. The average Bonchev–Trinajstić information content (AvgIpc) is 2.38. The van der Waals surface area contributed by atoms with Gasteiger partial charge in [-0.05, 0) is 12.1 Å². The highest BCUT2D eigenvalue weighted by molar-refractivity contribution is 6.20. The Labute approximate surface area is 113 Å². The summed E-state index contributed by atoms with van der Waals surface area (Å²) in [4.78, 5) is 11.4. The molecule has 3 nitrogen and oxygen atoms in total. The van der Waals surface area contributed by atoms with Gasteiger partial charge < -0.3 is 9.47 Å². The molecule has 7 heteroatoms. The van der Waals surface area contributed by atoms with Gasteiger partial charge in [0.05, 0.1) is 18.8 Å². The Morgan fingerprint density at radius 3 is 2.47 bits per heavy atom. The number of benzene rings is 1. The van der Waals surface area contributed by atoms with E-state index in [4.69, 9.17) is 4.74 Å². The number of rotatable bonds is 7. The van der Waals surface area contributed by atoms with Crippen molar-refractivity contribution in [2.45, 2.75) is 18.2 Å². The van der Waals surface area contributed by atoms with Crippen molar-refractivity contribution in [3.63, 3.8) is 0 Å². The van der Waals surface area contributed by atoms with Crippen LogP contribution in [0.4, 0.5) is 13.2 Å². The normalized spacial score (nSPS) is 13.1. The molecule has 0 amide bonds. The van der Waals surface area contributed by atoms with Crippen molar-refractivity contribution in [2.75, 3.05) is 13.2 Å². The number of esters is 1. The highest BCUT2D eigenvalue weighted by Gasteiger charge is 2.40. The van der Waals surface area contributed by atoms with E-state index in [9.17, 15) is 18.0 Å². The molecule has 0 aliphatic carbocycles. The number of hydrogen-bond acceptors (Lipinski definition) is 3. The molecule has 0 aromatic heterocycles. The Balaban J connectivity index is 2.20. The molecule has 1 aromatic carbocycles. The van der Waals surface area contributed by atoms with Crippen LogP contribution in [0.25, 0.3) is 0 Å². The van der Waals surface area contributed by atoms with E-state index in [0.29, 0.717) is 5.56 Å². The molecule has 0 aliphatic heterocycles. The zero-order valence-corrected chi connectivity index (χ0v) is 10.6. The van der Waals surface area contributed by atoms with Gasteiger partial charge in [0, 0.05) is 6.42 Å². The van der Waals surface area contributed by atoms with Crippen LogP contribution in [0.3, 0.4) is 0 Å². The van der Waals surface area contributed by atoms with Crippen LogP contribution in [-0.4, -0.2) is 30.9 Å². The number of carbonyl (C=O) groups is 1. The largest absolute Gasteiger partial charge is 0.462 e. The molecule has 106 valence electrons. The number of ether oxygens (including phenoxy) is 2. The van der Waals surface area contributed by atoms with Crippen LogP contribution < -0.4 is 0 Å². The predicted octanol–water partition coefficient (Wildman–Crippen LogP) is 3.38. The minimum atomic E-state index is -4.04. The topological polar surface area (TPSA) is 35.5 Å². The zero-order valence-electron chi connectivity index (χ0n) is 9.82. The molecule has 0 fully saturated rings. The third kappa shape index (κ3) is 5.48. The summed E-state index contributed by atoms with van der Waals surface area (Å²) >= 11 is 4.59. The van der Waals surface area contributed by atoms with Crippen molar-refractivity contribution in [2.24, 2.45) is 0 Å². The van der Waals surface area contributed by atoms with E-state index in [1.807, 2.05) is 0 Å². The first-order valence-electron chi connectivity index (χ1n) is 5.45. The van der Waals surface area contributed by atoms with E-state index < -0.39 is 24.3 Å². The van der Waals surface area contributed by atoms with E-state index >= 15 is 0 Å². The molecule has 0 heterocycles. The van der Waals surface area contributed by atoms with Crippen LogP contribution in [-0.2, 0) is 9.47 Å².